The molecule has 1 aromatic carbocycles. The molecule has 0 saturated carbocycles. The molecular formula is C17H25ClN2O. The molecule has 2 aliphatic heterocycles. The maximum atomic E-state index is 13.0. The van der Waals surface area contributed by atoms with Gasteiger partial charge in [-0.15, -0.1) is 12.4 Å². The van der Waals surface area contributed by atoms with Crippen LogP contribution in [-0.4, -0.2) is 36.5 Å². The quantitative estimate of drug-likeness (QED) is 0.911. The third kappa shape index (κ3) is 2.69. The Kier molecular flexibility index (Phi) is 4.95. The van der Waals surface area contributed by atoms with Gasteiger partial charge in [0.15, 0.2) is 0 Å². The topological polar surface area (TPSA) is 32.3 Å². The lowest BCUT2D eigenvalue weighted by molar-refractivity contribution is -0.139. The zero-order valence-electron chi connectivity index (χ0n) is 12.8. The number of nitrogens with zero attached hydrogens (tertiary/aromatic N) is 1. The summed E-state index contributed by atoms with van der Waals surface area (Å²) in [4.78, 5) is 15.1. The molecule has 2 fully saturated rings. The summed E-state index contributed by atoms with van der Waals surface area (Å²) in [6.45, 7) is 7.04. The molecule has 1 atom stereocenters. The second-order valence-electron chi connectivity index (χ2n) is 6.42. The lowest BCUT2D eigenvalue weighted by atomic mass is 9.68. The van der Waals surface area contributed by atoms with Gasteiger partial charge in [-0.3, -0.25) is 4.79 Å². The van der Waals surface area contributed by atoms with E-state index in [1.54, 1.807) is 0 Å². The van der Waals surface area contributed by atoms with E-state index in [4.69, 9.17) is 0 Å². The van der Waals surface area contributed by atoms with Crippen LogP contribution in [0.25, 0.3) is 0 Å². The molecule has 116 valence electrons. The molecular weight excluding hydrogens is 284 g/mol. The fourth-order valence-corrected chi connectivity index (χ4v) is 3.88. The summed E-state index contributed by atoms with van der Waals surface area (Å²) >= 11 is 0. The van der Waals surface area contributed by atoms with Crippen molar-refractivity contribution in [3.05, 3.63) is 35.9 Å². The molecule has 0 aliphatic carbocycles. The van der Waals surface area contributed by atoms with Crippen molar-refractivity contribution in [3.8, 4) is 0 Å². The summed E-state index contributed by atoms with van der Waals surface area (Å²) in [6.07, 6.45) is 1.93. The Hall–Kier alpha value is -1.06. The molecule has 2 saturated heterocycles. The molecule has 1 unspecified atom stereocenters. The van der Waals surface area contributed by atoms with Gasteiger partial charge in [-0.2, -0.15) is 0 Å². The summed E-state index contributed by atoms with van der Waals surface area (Å²) < 4.78 is 0. The van der Waals surface area contributed by atoms with E-state index in [0.717, 1.165) is 32.5 Å². The molecule has 1 spiro atoms. The average Bonchev–Trinajstić information content (AvgIpc) is 2.75. The minimum Gasteiger partial charge on any atom is -0.339 e. The van der Waals surface area contributed by atoms with Crippen LogP contribution < -0.4 is 5.32 Å². The van der Waals surface area contributed by atoms with Crippen molar-refractivity contribution in [3.63, 3.8) is 0 Å². The Morgan fingerprint density at radius 1 is 1.19 bits per heavy atom. The predicted molar refractivity (Wildman–Crippen MR) is 87.8 cm³/mol. The molecule has 1 N–H and O–H groups in total. The molecule has 2 heterocycles. The maximum Gasteiger partial charge on any atom is 0.229 e. The number of rotatable bonds is 2. The number of hydrogen-bond acceptors (Lipinski definition) is 2. The summed E-state index contributed by atoms with van der Waals surface area (Å²) in [5, 5.41) is 3.40. The van der Waals surface area contributed by atoms with Gasteiger partial charge in [0.2, 0.25) is 5.91 Å². The van der Waals surface area contributed by atoms with Crippen LogP contribution in [0.5, 0.6) is 0 Å². The van der Waals surface area contributed by atoms with Gasteiger partial charge in [0.05, 0.1) is 5.41 Å². The first-order chi connectivity index (χ1) is 9.65. The van der Waals surface area contributed by atoms with Crippen LogP contribution in [0, 0.1) is 5.41 Å². The highest BCUT2D eigenvalue weighted by molar-refractivity contribution is 5.87. The van der Waals surface area contributed by atoms with Crippen molar-refractivity contribution >= 4 is 18.3 Å². The van der Waals surface area contributed by atoms with Crippen LogP contribution in [0.3, 0.4) is 0 Å². The van der Waals surface area contributed by atoms with E-state index in [1.807, 2.05) is 0 Å². The van der Waals surface area contributed by atoms with Crippen LogP contribution in [-0.2, 0) is 4.79 Å². The lowest BCUT2D eigenvalue weighted by Crippen LogP contribution is -2.45. The highest BCUT2D eigenvalue weighted by atomic mass is 35.5. The third-order valence-corrected chi connectivity index (χ3v) is 5.05. The van der Waals surface area contributed by atoms with Crippen molar-refractivity contribution < 1.29 is 4.79 Å². The fourth-order valence-electron chi connectivity index (χ4n) is 3.88. The van der Waals surface area contributed by atoms with Crippen LogP contribution in [0.2, 0.25) is 0 Å². The van der Waals surface area contributed by atoms with Gasteiger partial charge in [-0.25, -0.2) is 0 Å². The standard InChI is InChI=1S/C17H24N2O.ClH/c1-13(2)19-12-15(14-6-4-3-5-7-14)17(16(19)20)8-10-18-11-9-17;/h3-7,13,15,18H,8-12H2,1-2H3;1H. The van der Waals surface area contributed by atoms with E-state index < -0.39 is 0 Å². The Morgan fingerprint density at radius 3 is 2.38 bits per heavy atom. The first-order valence-corrected chi connectivity index (χ1v) is 7.72. The molecule has 21 heavy (non-hydrogen) atoms. The number of benzene rings is 1. The fraction of sp³-hybridized carbons (Fsp3) is 0.588. The monoisotopic (exact) mass is 308 g/mol. The van der Waals surface area contributed by atoms with Gasteiger partial charge in [0, 0.05) is 18.5 Å². The average molecular weight is 309 g/mol. The molecule has 0 radical (unpaired) electrons. The summed E-state index contributed by atoms with van der Waals surface area (Å²) in [7, 11) is 0. The molecule has 4 heteroatoms. The van der Waals surface area contributed by atoms with Crippen molar-refractivity contribution in [2.75, 3.05) is 19.6 Å². The number of amides is 1. The molecule has 0 bridgehead atoms. The van der Waals surface area contributed by atoms with Gasteiger partial charge in [0.25, 0.3) is 0 Å². The number of carbonyl (C=O) groups excluding carboxylic acids is 1. The normalized spacial score (nSPS) is 24.4. The molecule has 1 amide bonds. The Labute approximate surface area is 133 Å². The van der Waals surface area contributed by atoms with Crippen LogP contribution in [0.15, 0.2) is 30.3 Å². The number of hydrogen-bond donors (Lipinski definition) is 1. The highest BCUT2D eigenvalue weighted by Crippen LogP contribution is 2.50. The number of halogens is 1. The third-order valence-electron chi connectivity index (χ3n) is 5.05. The number of likely N-dealkylation sites (tertiary alicyclic amines) is 1. The number of carbonyl (C=O) groups is 1. The second kappa shape index (κ2) is 6.37. The largest absolute Gasteiger partial charge is 0.339 e. The van der Waals surface area contributed by atoms with Crippen LogP contribution >= 0.6 is 12.4 Å². The molecule has 3 nitrogen and oxygen atoms in total. The van der Waals surface area contributed by atoms with Crippen molar-refractivity contribution in [1.29, 1.82) is 0 Å². The van der Waals surface area contributed by atoms with Gasteiger partial charge >= 0.3 is 0 Å². The summed E-state index contributed by atoms with van der Waals surface area (Å²) in [5.41, 5.74) is 1.16. The number of nitrogens with one attached hydrogen (secondary N) is 1. The van der Waals surface area contributed by atoms with Crippen molar-refractivity contribution in [2.45, 2.75) is 38.6 Å². The zero-order valence-corrected chi connectivity index (χ0v) is 13.7. The SMILES string of the molecule is CC(C)N1CC(c2ccccc2)C2(CCNCC2)C1=O.Cl. The zero-order chi connectivity index (χ0) is 14.2. The summed E-state index contributed by atoms with van der Waals surface area (Å²) in [5.74, 6) is 0.726. The molecule has 0 aromatic heterocycles. The molecule has 2 aliphatic rings. The maximum absolute atomic E-state index is 13.0. The van der Waals surface area contributed by atoms with Crippen molar-refractivity contribution in [2.24, 2.45) is 5.41 Å². The van der Waals surface area contributed by atoms with E-state index >= 15 is 0 Å². The second-order valence-corrected chi connectivity index (χ2v) is 6.42. The Bertz CT molecular complexity index is 483. The Balaban J connectivity index is 0.00000161. The van der Waals surface area contributed by atoms with Crippen LogP contribution in [0.4, 0.5) is 0 Å². The van der Waals surface area contributed by atoms with Crippen molar-refractivity contribution in [1.82, 2.24) is 10.2 Å². The minimum atomic E-state index is -0.170. The summed E-state index contributed by atoms with van der Waals surface area (Å²) in [6, 6.07) is 10.9. The Morgan fingerprint density at radius 2 is 1.81 bits per heavy atom. The predicted octanol–water partition coefficient (Wildman–Crippen LogP) is 2.81. The van der Waals surface area contributed by atoms with E-state index in [0.29, 0.717) is 17.9 Å². The van der Waals surface area contributed by atoms with Gasteiger partial charge in [0.1, 0.15) is 0 Å². The van der Waals surface area contributed by atoms with Gasteiger partial charge < -0.3 is 10.2 Å². The van der Waals surface area contributed by atoms with E-state index in [9.17, 15) is 4.79 Å². The van der Waals surface area contributed by atoms with Gasteiger partial charge in [-0.05, 0) is 45.3 Å². The lowest BCUT2D eigenvalue weighted by Gasteiger charge is -2.37. The van der Waals surface area contributed by atoms with E-state index in [-0.39, 0.29) is 17.8 Å². The number of piperidine rings is 1. The van der Waals surface area contributed by atoms with Gasteiger partial charge in [-0.1, -0.05) is 30.3 Å². The molecule has 3 rings (SSSR count). The molecule has 1 aromatic rings. The smallest absolute Gasteiger partial charge is 0.229 e. The first-order valence-electron chi connectivity index (χ1n) is 7.72. The minimum absolute atomic E-state index is 0. The highest BCUT2D eigenvalue weighted by Gasteiger charge is 2.54. The first kappa shape index (κ1) is 16.3. The van der Waals surface area contributed by atoms with E-state index in [2.05, 4.69) is 54.4 Å². The van der Waals surface area contributed by atoms with Crippen LogP contribution in [0.1, 0.15) is 38.2 Å². The van der Waals surface area contributed by atoms with E-state index in [1.165, 1.54) is 5.56 Å².